The number of rotatable bonds is 6. The first-order valence-corrected chi connectivity index (χ1v) is 10.1. The molecule has 1 amide bonds. The fraction of sp³-hybridized carbons (Fsp3) is 0.318. The Bertz CT molecular complexity index is 962. The third kappa shape index (κ3) is 5.10. The molecule has 2 N–H and O–H groups in total. The lowest BCUT2D eigenvalue weighted by Crippen LogP contribution is -2.40. The number of benzene rings is 2. The molecule has 2 aromatic carbocycles. The minimum Gasteiger partial charge on any atom is -0.478 e. The standard InChI is InChI=1S/C22H23ClN2O5/c1-2-30-22(29)15-6-4-10-25(13-15)19-9-8-17(12-18(19)21(27)28)24-20(26)14-5-3-7-16(23)11-14/h3,5,7-9,11-12,15H,2,4,6,10,13H2,1H3,(H,24,26)(H,27,28)/t15-/m1/s1. The normalized spacial score (nSPS) is 16.1. The van der Waals surface area contributed by atoms with Crippen LogP contribution in [0.5, 0.6) is 0 Å². The lowest BCUT2D eigenvalue weighted by atomic mass is 9.96. The number of hydrogen-bond donors (Lipinski definition) is 2. The second-order valence-corrected chi connectivity index (χ2v) is 7.48. The SMILES string of the molecule is CCOC(=O)[C@@H]1CCCN(c2ccc(NC(=O)c3cccc(Cl)c3)cc2C(=O)O)C1. The molecule has 2 aromatic rings. The van der Waals surface area contributed by atoms with Gasteiger partial charge in [0.2, 0.25) is 0 Å². The van der Waals surface area contributed by atoms with Crippen molar-refractivity contribution in [2.75, 3.05) is 29.9 Å². The van der Waals surface area contributed by atoms with Gasteiger partial charge in [0, 0.05) is 29.4 Å². The molecule has 0 spiro atoms. The molecule has 7 nitrogen and oxygen atoms in total. The van der Waals surface area contributed by atoms with Crippen molar-refractivity contribution >= 4 is 40.8 Å². The van der Waals surface area contributed by atoms with Crippen LogP contribution < -0.4 is 10.2 Å². The van der Waals surface area contributed by atoms with Crippen LogP contribution >= 0.6 is 11.6 Å². The first-order chi connectivity index (χ1) is 14.4. The summed E-state index contributed by atoms with van der Waals surface area (Å²) in [6, 6.07) is 11.2. The van der Waals surface area contributed by atoms with Crippen molar-refractivity contribution in [3.63, 3.8) is 0 Å². The number of carbonyl (C=O) groups is 3. The molecular formula is C22H23ClN2O5. The van der Waals surface area contributed by atoms with Gasteiger partial charge in [-0.05, 0) is 56.2 Å². The lowest BCUT2D eigenvalue weighted by molar-refractivity contribution is -0.148. The van der Waals surface area contributed by atoms with E-state index in [1.54, 1.807) is 37.3 Å². The predicted octanol–water partition coefficient (Wildman–Crippen LogP) is 4.07. The van der Waals surface area contributed by atoms with E-state index >= 15 is 0 Å². The summed E-state index contributed by atoms with van der Waals surface area (Å²) < 4.78 is 5.12. The number of halogens is 1. The van der Waals surface area contributed by atoms with E-state index in [9.17, 15) is 19.5 Å². The van der Waals surface area contributed by atoms with E-state index in [2.05, 4.69) is 5.32 Å². The molecule has 0 unspecified atom stereocenters. The van der Waals surface area contributed by atoms with Gasteiger partial charge < -0.3 is 20.1 Å². The van der Waals surface area contributed by atoms with Crippen LogP contribution in [-0.4, -0.2) is 42.6 Å². The molecule has 1 atom stereocenters. The molecule has 1 aliphatic heterocycles. The topological polar surface area (TPSA) is 95.9 Å². The highest BCUT2D eigenvalue weighted by molar-refractivity contribution is 6.31. The Morgan fingerprint density at radius 1 is 1.23 bits per heavy atom. The number of nitrogens with zero attached hydrogens (tertiary/aromatic N) is 1. The maximum absolute atomic E-state index is 12.4. The molecular weight excluding hydrogens is 408 g/mol. The summed E-state index contributed by atoms with van der Waals surface area (Å²) >= 11 is 5.92. The third-order valence-corrected chi connectivity index (χ3v) is 5.19. The van der Waals surface area contributed by atoms with Crippen molar-refractivity contribution < 1.29 is 24.2 Å². The Hall–Kier alpha value is -3.06. The summed E-state index contributed by atoms with van der Waals surface area (Å²) in [6.07, 6.45) is 1.47. The molecule has 3 rings (SSSR count). The summed E-state index contributed by atoms with van der Waals surface area (Å²) in [7, 11) is 0. The fourth-order valence-corrected chi connectivity index (χ4v) is 3.73. The molecule has 0 aromatic heterocycles. The smallest absolute Gasteiger partial charge is 0.337 e. The Kier molecular flexibility index (Phi) is 6.95. The van der Waals surface area contributed by atoms with E-state index in [4.69, 9.17) is 16.3 Å². The van der Waals surface area contributed by atoms with Crippen LogP contribution in [-0.2, 0) is 9.53 Å². The summed E-state index contributed by atoms with van der Waals surface area (Å²) in [4.78, 5) is 38.3. The highest BCUT2D eigenvalue weighted by atomic mass is 35.5. The summed E-state index contributed by atoms with van der Waals surface area (Å²) in [5, 5.41) is 12.9. The number of carboxylic acids is 1. The van der Waals surface area contributed by atoms with Crippen molar-refractivity contribution in [3.05, 3.63) is 58.6 Å². The van der Waals surface area contributed by atoms with Gasteiger partial charge in [0.1, 0.15) is 0 Å². The second-order valence-electron chi connectivity index (χ2n) is 7.04. The Morgan fingerprint density at radius 3 is 2.73 bits per heavy atom. The third-order valence-electron chi connectivity index (χ3n) is 4.95. The Morgan fingerprint density at radius 2 is 2.03 bits per heavy atom. The van der Waals surface area contributed by atoms with E-state index in [0.717, 1.165) is 6.42 Å². The number of anilines is 2. The summed E-state index contributed by atoms with van der Waals surface area (Å²) in [5.74, 6) is -2.05. The Balaban J connectivity index is 1.81. The van der Waals surface area contributed by atoms with Gasteiger partial charge in [0.05, 0.1) is 23.8 Å². The zero-order valence-electron chi connectivity index (χ0n) is 16.6. The number of ether oxygens (including phenoxy) is 1. The maximum atomic E-state index is 12.4. The number of carboxylic acid groups (broad SMARTS) is 1. The van der Waals surface area contributed by atoms with Gasteiger partial charge in [0.15, 0.2) is 0 Å². The number of aromatic carboxylic acids is 1. The number of hydrogen-bond acceptors (Lipinski definition) is 5. The number of carbonyl (C=O) groups excluding carboxylic acids is 2. The summed E-state index contributed by atoms with van der Waals surface area (Å²) in [6.45, 7) is 3.12. The Labute approximate surface area is 179 Å². The average molecular weight is 431 g/mol. The van der Waals surface area contributed by atoms with Crippen LogP contribution in [0.2, 0.25) is 5.02 Å². The number of esters is 1. The number of amides is 1. The lowest BCUT2D eigenvalue weighted by Gasteiger charge is -2.34. The van der Waals surface area contributed by atoms with Gasteiger partial charge in [-0.2, -0.15) is 0 Å². The van der Waals surface area contributed by atoms with Crippen LogP contribution in [0.4, 0.5) is 11.4 Å². The van der Waals surface area contributed by atoms with E-state index in [0.29, 0.717) is 48.1 Å². The quantitative estimate of drug-likeness (QED) is 0.670. The second kappa shape index (κ2) is 9.63. The fourth-order valence-electron chi connectivity index (χ4n) is 3.54. The first kappa shape index (κ1) is 21.6. The van der Waals surface area contributed by atoms with Crippen molar-refractivity contribution in [2.24, 2.45) is 5.92 Å². The van der Waals surface area contributed by atoms with Crippen LogP contribution in [0.25, 0.3) is 0 Å². The molecule has 0 bridgehead atoms. The molecule has 1 aliphatic rings. The van der Waals surface area contributed by atoms with Gasteiger partial charge in [-0.15, -0.1) is 0 Å². The molecule has 0 radical (unpaired) electrons. The minimum atomic E-state index is -1.11. The molecule has 1 saturated heterocycles. The van der Waals surface area contributed by atoms with E-state index < -0.39 is 5.97 Å². The molecule has 1 fully saturated rings. The van der Waals surface area contributed by atoms with Crippen LogP contribution in [0, 0.1) is 5.92 Å². The molecule has 8 heteroatoms. The van der Waals surface area contributed by atoms with E-state index in [1.165, 1.54) is 12.1 Å². The number of piperidine rings is 1. The number of nitrogens with one attached hydrogen (secondary N) is 1. The van der Waals surface area contributed by atoms with Gasteiger partial charge in [-0.3, -0.25) is 9.59 Å². The zero-order chi connectivity index (χ0) is 21.7. The van der Waals surface area contributed by atoms with Crippen LogP contribution in [0.3, 0.4) is 0 Å². The van der Waals surface area contributed by atoms with Gasteiger partial charge in [-0.25, -0.2) is 4.79 Å². The van der Waals surface area contributed by atoms with E-state index in [1.807, 2.05) is 4.90 Å². The van der Waals surface area contributed by atoms with Gasteiger partial charge in [0.25, 0.3) is 5.91 Å². The molecule has 0 aliphatic carbocycles. The van der Waals surface area contributed by atoms with Gasteiger partial charge in [-0.1, -0.05) is 17.7 Å². The molecule has 30 heavy (non-hydrogen) atoms. The largest absolute Gasteiger partial charge is 0.478 e. The van der Waals surface area contributed by atoms with Gasteiger partial charge >= 0.3 is 11.9 Å². The monoisotopic (exact) mass is 430 g/mol. The van der Waals surface area contributed by atoms with Crippen LogP contribution in [0.1, 0.15) is 40.5 Å². The van der Waals surface area contributed by atoms with E-state index in [-0.39, 0.29) is 23.4 Å². The highest BCUT2D eigenvalue weighted by Gasteiger charge is 2.29. The van der Waals surface area contributed by atoms with Crippen molar-refractivity contribution in [1.82, 2.24) is 0 Å². The zero-order valence-corrected chi connectivity index (χ0v) is 17.3. The first-order valence-electron chi connectivity index (χ1n) is 9.75. The average Bonchev–Trinajstić information content (AvgIpc) is 2.74. The maximum Gasteiger partial charge on any atom is 0.337 e. The molecule has 158 valence electrons. The summed E-state index contributed by atoms with van der Waals surface area (Å²) in [5.41, 5.74) is 1.30. The predicted molar refractivity (Wildman–Crippen MR) is 114 cm³/mol. The molecule has 0 saturated carbocycles. The van der Waals surface area contributed by atoms with Crippen LogP contribution in [0.15, 0.2) is 42.5 Å². The highest BCUT2D eigenvalue weighted by Crippen LogP contribution is 2.29. The van der Waals surface area contributed by atoms with Crippen molar-refractivity contribution in [1.29, 1.82) is 0 Å². The van der Waals surface area contributed by atoms with Crippen molar-refractivity contribution in [3.8, 4) is 0 Å². The van der Waals surface area contributed by atoms with Crippen molar-refractivity contribution in [2.45, 2.75) is 19.8 Å². The minimum absolute atomic E-state index is 0.0587. The molecule has 1 heterocycles.